The van der Waals surface area contributed by atoms with Crippen molar-refractivity contribution in [3.8, 4) is 46.1 Å². The SMILES string of the molecule is COc1cc(-c2cc(C(=O)NCC#CCOc3ccc(C)nc3)[nH]n2)cc(OC)c1OC. The summed E-state index contributed by atoms with van der Waals surface area (Å²) in [5, 5.41) is 9.65. The van der Waals surface area contributed by atoms with Crippen LogP contribution in [0.1, 0.15) is 16.2 Å². The Kier molecular flexibility index (Phi) is 7.54. The number of nitrogens with zero attached hydrogens (tertiary/aromatic N) is 2. The molecule has 0 radical (unpaired) electrons. The van der Waals surface area contributed by atoms with Gasteiger partial charge in [0.1, 0.15) is 18.1 Å². The number of rotatable bonds is 8. The maximum absolute atomic E-state index is 12.4. The van der Waals surface area contributed by atoms with Gasteiger partial charge in [-0.25, -0.2) is 0 Å². The largest absolute Gasteiger partial charge is 0.493 e. The average Bonchev–Trinajstić information content (AvgIpc) is 3.31. The van der Waals surface area contributed by atoms with Crippen LogP contribution in [0.25, 0.3) is 11.3 Å². The molecule has 0 saturated carbocycles. The zero-order valence-corrected chi connectivity index (χ0v) is 18.3. The van der Waals surface area contributed by atoms with Gasteiger partial charge in [-0.05, 0) is 37.3 Å². The van der Waals surface area contributed by atoms with Gasteiger partial charge in [0.05, 0.1) is 39.8 Å². The minimum atomic E-state index is -0.325. The Balaban J connectivity index is 1.57. The molecule has 0 unspecified atom stereocenters. The number of nitrogens with one attached hydrogen (secondary N) is 2. The van der Waals surface area contributed by atoms with Gasteiger partial charge in [0.15, 0.2) is 11.5 Å². The van der Waals surface area contributed by atoms with Gasteiger partial charge in [-0.3, -0.25) is 14.9 Å². The van der Waals surface area contributed by atoms with Crippen LogP contribution in [0.2, 0.25) is 0 Å². The smallest absolute Gasteiger partial charge is 0.270 e. The summed E-state index contributed by atoms with van der Waals surface area (Å²) in [5.41, 5.74) is 2.48. The van der Waals surface area contributed by atoms with Gasteiger partial charge < -0.3 is 24.3 Å². The lowest BCUT2D eigenvalue weighted by Crippen LogP contribution is -2.24. The average molecular weight is 436 g/mol. The molecule has 0 spiro atoms. The Labute approximate surface area is 186 Å². The van der Waals surface area contributed by atoms with E-state index in [9.17, 15) is 4.79 Å². The molecule has 1 aromatic carbocycles. The van der Waals surface area contributed by atoms with E-state index in [1.165, 1.54) is 21.3 Å². The van der Waals surface area contributed by atoms with E-state index in [1.807, 2.05) is 19.1 Å². The molecule has 32 heavy (non-hydrogen) atoms. The molecule has 1 amide bonds. The molecule has 2 N–H and O–H groups in total. The van der Waals surface area contributed by atoms with Crippen molar-refractivity contribution < 1.29 is 23.7 Å². The molecule has 0 fully saturated rings. The monoisotopic (exact) mass is 436 g/mol. The summed E-state index contributed by atoms with van der Waals surface area (Å²) in [7, 11) is 4.61. The van der Waals surface area contributed by atoms with Crippen LogP contribution < -0.4 is 24.3 Å². The lowest BCUT2D eigenvalue weighted by atomic mass is 10.1. The minimum absolute atomic E-state index is 0.173. The van der Waals surface area contributed by atoms with Gasteiger partial charge in [-0.1, -0.05) is 11.8 Å². The highest BCUT2D eigenvalue weighted by Crippen LogP contribution is 2.40. The first kappa shape index (κ1) is 22.5. The number of aryl methyl sites for hydroxylation is 1. The van der Waals surface area contributed by atoms with Gasteiger partial charge in [0, 0.05) is 11.3 Å². The van der Waals surface area contributed by atoms with Crippen LogP contribution in [0.4, 0.5) is 0 Å². The molecule has 0 saturated heterocycles. The quantitative estimate of drug-likeness (QED) is 0.523. The molecule has 3 aromatic rings. The molecule has 0 aliphatic heterocycles. The van der Waals surface area contributed by atoms with E-state index in [4.69, 9.17) is 18.9 Å². The molecule has 0 aliphatic carbocycles. The van der Waals surface area contributed by atoms with E-state index in [2.05, 4.69) is 32.3 Å². The molecule has 166 valence electrons. The summed E-state index contributed by atoms with van der Waals surface area (Å²) >= 11 is 0. The van der Waals surface area contributed by atoms with Gasteiger partial charge in [0.2, 0.25) is 5.75 Å². The van der Waals surface area contributed by atoms with Gasteiger partial charge in [-0.2, -0.15) is 5.10 Å². The molecule has 0 atom stereocenters. The lowest BCUT2D eigenvalue weighted by molar-refractivity contribution is 0.0953. The van der Waals surface area contributed by atoms with E-state index < -0.39 is 0 Å². The number of ether oxygens (including phenoxy) is 4. The summed E-state index contributed by atoms with van der Waals surface area (Å²) < 4.78 is 21.5. The number of H-pyrrole nitrogens is 1. The molecule has 3 rings (SSSR count). The maximum atomic E-state index is 12.4. The number of pyridine rings is 1. The van der Waals surface area contributed by atoms with E-state index >= 15 is 0 Å². The number of benzene rings is 1. The number of aromatic nitrogens is 3. The van der Waals surface area contributed by atoms with Crippen LogP contribution in [0, 0.1) is 18.8 Å². The molecule has 9 heteroatoms. The Morgan fingerprint density at radius 3 is 2.44 bits per heavy atom. The number of methoxy groups -OCH3 is 3. The Hall–Kier alpha value is -4.19. The van der Waals surface area contributed by atoms with Gasteiger partial charge in [-0.15, -0.1) is 0 Å². The summed E-state index contributed by atoms with van der Waals surface area (Å²) in [5.74, 6) is 7.47. The third-order valence-corrected chi connectivity index (χ3v) is 4.44. The van der Waals surface area contributed by atoms with Crippen LogP contribution in [-0.4, -0.2) is 55.6 Å². The van der Waals surface area contributed by atoms with E-state index in [1.54, 1.807) is 24.4 Å². The fourth-order valence-corrected chi connectivity index (χ4v) is 2.81. The Bertz CT molecular complexity index is 1100. The zero-order valence-electron chi connectivity index (χ0n) is 18.3. The third-order valence-electron chi connectivity index (χ3n) is 4.44. The summed E-state index contributed by atoms with van der Waals surface area (Å²) in [6.07, 6.45) is 1.64. The predicted molar refractivity (Wildman–Crippen MR) is 118 cm³/mol. The van der Waals surface area contributed by atoms with Crippen molar-refractivity contribution in [1.82, 2.24) is 20.5 Å². The van der Waals surface area contributed by atoms with Crippen molar-refractivity contribution in [2.75, 3.05) is 34.5 Å². The van der Waals surface area contributed by atoms with E-state index in [0.29, 0.717) is 39.9 Å². The molecule has 9 nitrogen and oxygen atoms in total. The van der Waals surface area contributed by atoms with Crippen molar-refractivity contribution in [3.63, 3.8) is 0 Å². The van der Waals surface area contributed by atoms with Gasteiger partial charge >= 0.3 is 0 Å². The maximum Gasteiger partial charge on any atom is 0.270 e. The first-order chi connectivity index (χ1) is 15.5. The topological polar surface area (TPSA) is 108 Å². The van der Waals surface area contributed by atoms with Crippen molar-refractivity contribution in [2.24, 2.45) is 0 Å². The fraction of sp³-hybridized carbons (Fsp3) is 0.261. The Morgan fingerprint density at radius 2 is 1.81 bits per heavy atom. The van der Waals surface area contributed by atoms with Crippen molar-refractivity contribution in [3.05, 3.63) is 47.9 Å². The molecule has 2 aromatic heterocycles. The van der Waals surface area contributed by atoms with Crippen LogP contribution in [0.3, 0.4) is 0 Å². The number of aromatic amines is 1. The van der Waals surface area contributed by atoms with Crippen LogP contribution in [-0.2, 0) is 0 Å². The standard InChI is InChI=1S/C23H24N4O5/c1-15-7-8-17(14-25-15)32-10-6-5-9-24-23(28)19-13-18(26-27-19)16-11-20(29-2)22(31-4)21(12-16)30-3/h7-8,11-14H,9-10H2,1-4H3,(H,24,28)(H,26,27). The summed E-state index contributed by atoms with van der Waals surface area (Å²) in [6, 6.07) is 8.84. The highest BCUT2D eigenvalue weighted by Gasteiger charge is 2.17. The number of carbonyl (C=O) groups is 1. The molecule has 2 heterocycles. The third kappa shape index (κ3) is 5.49. The Morgan fingerprint density at radius 1 is 1.06 bits per heavy atom. The van der Waals surface area contributed by atoms with Crippen LogP contribution >= 0.6 is 0 Å². The highest BCUT2D eigenvalue weighted by atomic mass is 16.5. The zero-order chi connectivity index (χ0) is 22.9. The summed E-state index contributed by atoms with van der Waals surface area (Å²) in [4.78, 5) is 16.5. The number of hydrogen-bond donors (Lipinski definition) is 2. The van der Waals surface area contributed by atoms with Crippen molar-refractivity contribution in [2.45, 2.75) is 6.92 Å². The molecule has 0 bridgehead atoms. The van der Waals surface area contributed by atoms with Gasteiger partial charge in [0.25, 0.3) is 5.91 Å². The minimum Gasteiger partial charge on any atom is -0.493 e. The second-order valence-electron chi connectivity index (χ2n) is 6.54. The molecular weight excluding hydrogens is 412 g/mol. The fourth-order valence-electron chi connectivity index (χ4n) is 2.81. The second-order valence-corrected chi connectivity index (χ2v) is 6.54. The normalized spacial score (nSPS) is 10.0. The van der Waals surface area contributed by atoms with Crippen LogP contribution in [0.5, 0.6) is 23.0 Å². The second kappa shape index (κ2) is 10.7. The number of hydrogen-bond acceptors (Lipinski definition) is 7. The van der Waals surface area contributed by atoms with E-state index in [-0.39, 0.29) is 19.1 Å². The van der Waals surface area contributed by atoms with E-state index in [0.717, 1.165) is 5.69 Å². The highest BCUT2D eigenvalue weighted by molar-refractivity contribution is 5.93. The van der Waals surface area contributed by atoms with Crippen molar-refractivity contribution in [1.29, 1.82) is 0 Å². The lowest BCUT2D eigenvalue weighted by Gasteiger charge is -2.13. The van der Waals surface area contributed by atoms with Crippen molar-refractivity contribution >= 4 is 5.91 Å². The number of carbonyl (C=O) groups excluding carboxylic acids is 1. The predicted octanol–water partition coefficient (Wildman–Crippen LogP) is 2.62. The first-order valence-electron chi connectivity index (χ1n) is 9.71. The molecular formula is C23H24N4O5. The molecule has 0 aliphatic rings. The first-order valence-corrected chi connectivity index (χ1v) is 9.71. The summed E-state index contributed by atoms with van der Waals surface area (Å²) in [6.45, 7) is 2.28. The van der Waals surface area contributed by atoms with Crippen LogP contribution in [0.15, 0.2) is 36.5 Å². The number of amides is 1.